The van der Waals surface area contributed by atoms with Gasteiger partial charge >= 0.3 is 18.1 Å². The van der Waals surface area contributed by atoms with Crippen LogP contribution in [0.15, 0.2) is 71.1 Å². The highest BCUT2D eigenvalue weighted by Crippen LogP contribution is 2.50. The van der Waals surface area contributed by atoms with Gasteiger partial charge in [0.25, 0.3) is 0 Å². The summed E-state index contributed by atoms with van der Waals surface area (Å²) < 4.78 is 58.5. The normalized spacial score (nSPS) is 21.0. The number of Topliss-reactive ketones (excluding diaryl/α,β-unsaturated/α-hetero) is 1. The maximum atomic E-state index is 14.3. The molecule has 7 nitrogen and oxygen atoms in total. The number of alkyl halides is 3. The Labute approximate surface area is 230 Å². The summed E-state index contributed by atoms with van der Waals surface area (Å²) in [5.41, 5.74) is -0.224. The first-order valence-corrected chi connectivity index (χ1v) is 12.9. The molecule has 1 N–H and O–H groups in total. The number of nitrogens with one attached hydrogen (secondary N) is 1. The molecular formula is C30H30F3NO6. The lowest BCUT2D eigenvalue weighted by molar-refractivity contribution is -0.152. The highest BCUT2D eigenvalue weighted by atomic mass is 19.4. The van der Waals surface area contributed by atoms with Crippen molar-refractivity contribution in [2.75, 3.05) is 20.3 Å². The molecule has 0 aromatic heterocycles. The van der Waals surface area contributed by atoms with Gasteiger partial charge in [-0.25, -0.2) is 4.79 Å². The van der Waals surface area contributed by atoms with Gasteiger partial charge in [-0.15, -0.1) is 0 Å². The van der Waals surface area contributed by atoms with E-state index < -0.39 is 47.2 Å². The monoisotopic (exact) mass is 557 g/mol. The number of hydrogen-bond donors (Lipinski definition) is 1. The summed E-state index contributed by atoms with van der Waals surface area (Å²) in [6, 6.07) is 11.7. The second kappa shape index (κ2) is 11.6. The van der Waals surface area contributed by atoms with Crippen molar-refractivity contribution in [3.8, 4) is 5.75 Å². The minimum atomic E-state index is -4.77. The van der Waals surface area contributed by atoms with Gasteiger partial charge in [-0.3, -0.25) is 9.59 Å². The third-order valence-electron chi connectivity index (χ3n) is 7.15. The van der Waals surface area contributed by atoms with Gasteiger partial charge in [-0.1, -0.05) is 30.3 Å². The van der Waals surface area contributed by atoms with Gasteiger partial charge in [0.15, 0.2) is 5.78 Å². The Morgan fingerprint density at radius 2 is 1.73 bits per heavy atom. The van der Waals surface area contributed by atoms with Gasteiger partial charge in [0.2, 0.25) is 0 Å². The lowest BCUT2D eigenvalue weighted by atomic mass is 9.66. The predicted molar refractivity (Wildman–Crippen MR) is 139 cm³/mol. The molecule has 4 rings (SSSR count). The Hall–Kier alpha value is -4.08. The number of carbonyl (C=O) groups excluding carboxylic acids is 3. The number of benzene rings is 2. The summed E-state index contributed by atoms with van der Waals surface area (Å²) in [5.74, 6) is -5.30. The van der Waals surface area contributed by atoms with E-state index >= 15 is 0 Å². The molecule has 1 aliphatic carbocycles. The van der Waals surface area contributed by atoms with Crippen LogP contribution < -0.4 is 10.1 Å². The van der Waals surface area contributed by atoms with Crippen LogP contribution in [0.5, 0.6) is 5.75 Å². The quantitative estimate of drug-likeness (QED) is 0.359. The second-order valence-corrected chi connectivity index (χ2v) is 9.48. The number of rotatable bonds is 7. The van der Waals surface area contributed by atoms with Crippen LogP contribution in [0.1, 0.15) is 55.7 Å². The third-order valence-corrected chi connectivity index (χ3v) is 7.15. The van der Waals surface area contributed by atoms with Crippen LogP contribution in [0.3, 0.4) is 0 Å². The van der Waals surface area contributed by atoms with Crippen molar-refractivity contribution in [1.29, 1.82) is 0 Å². The fraction of sp³-hybridized carbons (Fsp3) is 0.367. The van der Waals surface area contributed by atoms with Gasteiger partial charge in [0.05, 0.1) is 31.5 Å². The molecule has 10 heteroatoms. The Morgan fingerprint density at radius 1 is 1.02 bits per heavy atom. The minimum Gasteiger partial charge on any atom is -0.497 e. The first-order chi connectivity index (χ1) is 19.0. The lowest BCUT2D eigenvalue weighted by Gasteiger charge is -2.40. The molecule has 2 aliphatic rings. The molecule has 0 radical (unpaired) electrons. The van der Waals surface area contributed by atoms with Crippen LogP contribution in [0.4, 0.5) is 13.2 Å². The molecule has 0 saturated heterocycles. The van der Waals surface area contributed by atoms with E-state index in [1.165, 1.54) is 25.3 Å². The Kier molecular flexibility index (Phi) is 8.37. The van der Waals surface area contributed by atoms with E-state index in [1.807, 2.05) is 0 Å². The smallest absolute Gasteiger partial charge is 0.416 e. The van der Waals surface area contributed by atoms with E-state index in [4.69, 9.17) is 14.2 Å². The number of halogens is 3. The Balaban J connectivity index is 1.97. The highest BCUT2D eigenvalue weighted by Gasteiger charge is 2.50. The molecule has 0 fully saturated rings. The summed E-state index contributed by atoms with van der Waals surface area (Å²) >= 11 is 0. The number of ether oxygens (including phenoxy) is 3. The first kappa shape index (κ1) is 28.9. The van der Waals surface area contributed by atoms with Crippen molar-refractivity contribution in [1.82, 2.24) is 5.32 Å². The Morgan fingerprint density at radius 3 is 2.38 bits per heavy atom. The van der Waals surface area contributed by atoms with E-state index in [1.54, 1.807) is 45.0 Å². The van der Waals surface area contributed by atoms with Crippen LogP contribution >= 0.6 is 0 Å². The molecule has 40 heavy (non-hydrogen) atoms. The molecule has 1 aliphatic heterocycles. The largest absolute Gasteiger partial charge is 0.497 e. The molecule has 2 aromatic carbocycles. The summed E-state index contributed by atoms with van der Waals surface area (Å²) in [7, 11) is 1.49. The molecule has 0 amide bonds. The van der Waals surface area contributed by atoms with E-state index in [-0.39, 0.29) is 42.0 Å². The van der Waals surface area contributed by atoms with Crippen LogP contribution in [-0.4, -0.2) is 38.0 Å². The van der Waals surface area contributed by atoms with Crippen LogP contribution in [0.2, 0.25) is 0 Å². The predicted octanol–water partition coefficient (Wildman–Crippen LogP) is 5.43. The van der Waals surface area contributed by atoms with E-state index in [0.29, 0.717) is 17.0 Å². The lowest BCUT2D eigenvalue weighted by Crippen LogP contribution is -2.43. The van der Waals surface area contributed by atoms with Crippen LogP contribution in [0, 0.1) is 5.92 Å². The molecule has 0 bridgehead atoms. The highest BCUT2D eigenvalue weighted by molar-refractivity contribution is 6.13. The third kappa shape index (κ3) is 5.35. The van der Waals surface area contributed by atoms with Gasteiger partial charge in [0.1, 0.15) is 11.7 Å². The van der Waals surface area contributed by atoms with E-state index in [9.17, 15) is 27.6 Å². The zero-order chi connectivity index (χ0) is 29.2. The maximum Gasteiger partial charge on any atom is 0.416 e. The minimum absolute atomic E-state index is 0.00498. The van der Waals surface area contributed by atoms with Crippen molar-refractivity contribution in [2.24, 2.45) is 5.92 Å². The summed E-state index contributed by atoms with van der Waals surface area (Å²) in [4.78, 5) is 40.7. The number of carbonyl (C=O) groups is 3. The topological polar surface area (TPSA) is 90.9 Å². The molecule has 1 heterocycles. The molecule has 2 aromatic rings. The SMILES string of the molecule is CCOC(=O)C1=C(C)NC2=C(C(=O)C(C(=O)OCC)C(c3cccc(OC)c3)C2)C1c1ccccc1C(F)(F)F. The van der Waals surface area contributed by atoms with Gasteiger partial charge in [0, 0.05) is 28.8 Å². The fourth-order valence-electron chi connectivity index (χ4n) is 5.52. The number of dihydropyridines is 1. The number of ketones is 1. The van der Waals surface area contributed by atoms with Crippen molar-refractivity contribution >= 4 is 17.7 Å². The average Bonchev–Trinajstić information content (AvgIpc) is 2.91. The van der Waals surface area contributed by atoms with Crippen molar-refractivity contribution in [3.63, 3.8) is 0 Å². The van der Waals surface area contributed by atoms with Gasteiger partial charge in [-0.2, -0.15) is 13.2 Å². The number of methoxy groups -OCH3 is 1. The number of esters is 2. The molecule has 3 atom stereocenters. The van der Waals surface area contributed by atoms with E-state index in [0.717, 1.165) is 6.07 Å². The zero-order valence-electron chi connectivity index (χ0n) is 22.6. The maximum absolute atomic E-state index is 14.3. The van der Waals surface area contributed by atoms with Crippen LogP contribution in [-0.2, 0) is 30.0 Å². The first-order valence-electron chi connectivity index (χ1n) is 12.9. The van der Waals surface area contributed by atoms with Gasteiger partial charge in [-0.05, 0) is 56.5 Å². The molecule has 3 unspecified atom stereocenters. The Bertz CT molecular complexity index is 1390. The van der Waals surface area contributed by atoms with Gasteiger partial charge < -0.3 is 19.5 Å². The van der Waals surface area contributed by atoms with Crippen molar-refractivity contribution in [3.05, 3.63) is 87.8 Å². The summed E-state index contributed by atoms with van der Waals surface area (Å²) in [5, 5.41) is 3.09. The van der Waals surface area contributed by atoms with Crippen molar-refractivity contribution in [2.45, 2.75) is 45.2 Å². The molecule has 0 saturated carbocycles. The number of allylic oxidation sites excluding steroid dienone is 3. The van der Waals surface area contributed by atoms with Crippen molar-refractivity contribution < 1.29 is 41.8 Å². The molecule has 0 spiro atoms. The standard InChI is InChI=1S/C30H30F3NO6/c1-5-39-28(36)23-16(3)34-22-15-20(17-10-9-11-18(14-17)38-4)25(29(37)40-6-2)27(35)26(22)24(23)19-12-7-8-13-21(19)30(31,32)33/h7-14,20,24-25,34H,5-6,15H2,1-4H3. The average molecular weight is 558 g/mol. The number of hydrogen-bond acceptors (Lipinski definition) is 7. The van der Waals surface area contributed by atoms with E-state index in [2.05, 4.69) is 5.32 Å². The summed E-state index contributed by atoms with van der Waals surface area (Å²) in [6.45, 7) is 4.72. The molecular weight excluding hydrogens is 527 g/mol. The zero-order valence-corrected chi connectivity index (χ0v) is 22.6. The summed E-state index contributed by atoms with van der Waals surface area (Å²) in [6.07, 6.45) is -4.66. The van der Waals surface area contributed by atoms with Crippen LogP contribution in [0.25, 0.3) is 0 Å². The second-order valence-electron chi connectivity index (χ2n) is 9.48. The molecule has 212 valence electrons. The fourth-order valence-corrected chi connectivity index (χ4v) is 5.52.